The van der Waals surface area contributed by atoms with Gasteiger partial charge in [-0.2, -0.15) is 0 Å². The summed E-state index contributed by atoms with van der Waals surface area (Å²) in [6.45, 7) is 7.91. The molecule has 0 saturated carbocycles. The van der Waals surface area contributed by atoms with Gasteiger partial charge in [0.05, 0.1) is 6.61 Å². The van der Waals surface area contributed by atoms with Crippen molar-refractivity contribution in [3.05, 3.63) is 12.2 Å². The van der Waals surface area contributed by atoms with Crippen molar-refractivity contribution in [3.63, 3.8) is 0 Å². The van der Waals surface area contributed by atoms with Crippen LogP contribution >= 0.6 is 0 Å². The molecule has 0 N–H and O–H groups in total. The molecule has 0 aliphatic rings. The van der Waals surface area contributed by atoms with Gasteiger partial charge < -0.3 is 14.2 Å². The predicted octanol–water partition coefficient (Wildman–Crippen LogP) is 20.6. The number of rotatable bonds is 57. The normalized spacial score (nSPS) is 12.1. The molecule has 5 nitrogen and oxygen atoms in total. The van der Waals surface area contributed by atoms with E-state index in [9.17, 15) is 9.59 Å². The van der Waals surface area contributed by atoms with E-state index in [1.165, 1.54) is 263 Å². The van der Waals surface area contributed by atoms with Crippen molar-refractivity contribution in [3.8, 4) is 0 Å². The summed E-state index contributed by atoms with van der Waals surface area (Å²) >= 11 is 0. The van der Waals surface area contributed by atoms with Crippen molar-refractivity contribution in [2.45, 2.75) is 348 Å². The van der Waals surface area contributed by atoms with E-state index in [0.29, 0.717) is 26.1 Å². The second-order valence-electron chi connectivity index (χ2n) is 20.6. The zero-order valence-electron chi connectivity index (χ0n) is 45.2. The van der Waals surface area contributed by atoms with Gasteiger partial charge in [0.15, 0.2) is 6.10 Å². The minimum absolute atomic E-state index is 0.0923. The molecule has 66 heavy (non-hydrogen) atoms. The predicted molar refractivity (Wildman–Crippen MR) is 289 cm³/mol. The highest BCUT2D eigenvalue weighted by Gasteiger charge is 2.17. The highest BCUT2D eigenvalue weighted by molar-refractivity contribution is 5.70. The van der Waals surface area contributed by atoms with Crippen LogP contribution in [0.1, 0.15) is 342 Å². The summed E-state index contributed by atoms with van der Waals surface area (Å²) in [5.74, 6) is -0.378. The van der Waals surface area contributed by atoms with Gasteiger partial charge in [-0.1, -0.05) is 296 Å². The summed E-state index contributed by atoms with van der Waals surface area (Å²) < 4.78 is 17.5. The van der Waals surface area contributed by atoms with Gasteiger partial charge in [-0.05, 0) is 44.9 Å². The van der Waals surface area contributed by atoms with Crippen LogP contribution in [0.15, 0.2) is 12.2 Å². The number of unbranched alkanes of at least 4 members (excludes halogenated alkanes) is 44. The van der Waals surface area contributed by atoms with E-state index in [-0.39, 0.29) is 18.5 Å². The van der Waals surface area contributed by atoms with Crippen molar-refractivity contribution < 1.29 is 23.8 Å². The van der Waals surface area contributed by atoms with Gasteiger partial charge in [0.2, 0.25) is 0 Å². The van der Waals surface area contributed by atoms with E-state index < -0.39 is 6.10 Å². The molecule has 0 spiro atoms. The van der Waals surface area contributed by atoms with Gasteiger partial charge in [-0.25, -0.2) is 0 Å². The van der Waals surface area contributed by atoms with E-state index in [1.807, 2.05) is 0 Å². The zero-order chi connectivity index (χ0) is 47.7. The molecular formula is C61H118O5. The number of esters is 2. The lowest BCUT2D eigenvalue weighted by Crippen LogP contribution is -2.30. The van der Waals surface area contributed by atoms with Gasteiger partial charge in [0, 0.05) is 19.4 Å². The monoisotopic (exact) mass is 931 g/mol. The van der Waals surface area contributed by atoms with Gasteiger partial charge in [0.25, 0.3) is 0 Å². The number of carbonyl (C=O) groups is 2. The van der Waals surface area contributed by atoms with Crippen LogP contribution in [0.3, 0.4) is 0 Å². The summed E-state index contributed by atoms with van der Waals surface area (Å²) in [5, 5.41) is 0. The molecule has 0 radical (unpaired) electrons. The molecular weight excluding hydrogens is 813 g/mol. The first-order valence-corrected chi connectivity index (χ1v) is 30.2. The Balaban J connectivity index is 4.20. The molecule has 0 aromatic rings. The minimum Gasteiger partial charge on any atom is -0.462 e. The molecule has 0 saturated heterocycles. The van der Waals surface area contributed by atoms with Crippen molar-refractivity contribution in [2.75, 3.05) is 19.8 Å². The number of ether oxygens (including phenoxy) is 3. The Bertz CT molecular complexity index is 963. The van der Waals surface area contributed by atoms with Crippen LogP contribution in [-0.4, -0.2) is 37.9 Å². The second kappa shape index (κ2) is 58.0. The average Bonchev–Trinajstić information content (AvgIpc) is 3.32. The molecule has 0 amide bonds. The lowest BCUT2D eigenvalue weighted by atomic mass is 10.0. The standard InChI is InChI=1S/C61H118O5/c1-4-7-10-13-16-19-22-25-28-30-32-35-38-41-44-47-50-53-56-64-57-59(66-61(63)55-52-49-46-43-40-37-33-27-24-21-18-15-12-9-6-3)58-65-60(62)54-51-48-45-42-39-36-34-31-29-26-23-20-17-14-11-8-5-2/h27,33,59H,4-26,28-32,34-58H2,1-3H3/b33-27-. The Labute approximate surface area is 414 Å². The van der Waals surface area contributed by atoms with E-state index in [1.54, 1.807) is 0 Å². The first kappa shape index (κ1) is 64.6. The van der Waals surface area contributed by atoms with Gasteiger partial charge in [-0.15, -0.1) is 0 Å². The van der Waals surface area contributed by atoms with Crippen LogP contribution in [-0.2, 0) is 23.8 Å². The summed E-state index contributed by atoms with van der Waals surface area (Å²) in [7, 11) is 0. The maximum absolute atomic E-state index is 12.9. The number of allylic oxidation sites excluding steroid dienone is 2. The lowest BCUT2D eigenvalue weighted by Gasteiger charge is -2.18. The molecule has 0 aromatic heterocycles. The van der Waals surface area contributed by atoms with Crippen molar-refractivity contribution >= 4 is 11.9 Å². The topological polar surface area (TPSA) is 61.8 Å². The molecule has 392 valence electrons. The molecule has 0 rings (SSSR count). The average molecular weight is 932 g/mol. The maximum atomic E-state index is 12.9. The Kier molecular flexibility index (Phi) is 56.8. The Hall–Kier alpha value is -1.36. The van der Waals surface area contributed by atoms with Crippen molar-refractivity contribution in [2.24, 2.45) is 0 Å². The van der Waals surface area contributed by atoms with Gasteiger partial charge in [-0.3, -0.25) is 9.59 Å². The van der Waals surface area contributed by atoms with Gasteiger partial charge >= 0.3 is 11.9 Å². The van der Waals surface area contributed by atoms with E-state index >= 15 is 0 Å². The van der Waals surface area contributed by atoms with E-state index in [2.05, 4.69) is 32.9 Å². The molecule has 0 bridgehead atoms. The fraction of sp³-hybridized carbons (Fsp3) is 0.934. The van der Waals surface area contributed by atoms with E-state index in [0.717, 1.165) is 44.9 Å². The van der Waals surface area contributed by atoms with Crippen LogP contribution in [0.5, 0.6) is 0 Å². The van der Waals surface area contributed by atoms with Crippen LogP contribution < -0.4 is 0 Å². The first-order valence-electron chi connectivity index (χ1n) is 30.2. The third-order valence-corrected chi connectivity index (χ3v) is 13.8. The highest BCUT2D eigenvalue weighted by Crippen LogP contribution is 2.17. The highest BCUT2D eigenvalue weighted by atomic mass is 16.6. The molecule has 0 heterocycles. The molecule has 0 fully saturated rings. The fourth-order valence-electron chi connectivity index (χ4n) is 9.27. The lowest BCUT2D eigenvalue weighted by molar-refractivity contribution is -0.163. The molecule has 1 unspecified atom stereocenters. The SMILES string of the molecule is CCCCCCCC/C=C\CCCCCCCC(=O)OC(COCCCCCCCCCCCCCCCCCCCC)COC(=O)CCCCCCCCCCCCCCCCCCC. The quantitative estimate of drug-likeness (QED) is 0.0345. The smallest absolute Gasteiger partial charge is 0.306 e. The Morgan fingerprint density at radius 2 is 0.591 bits per heavy atom. The molecule has 0 aromatic carbocycles. The van der Waals surface area contributed by atoms with Crippen LogP contribution in [0.25, 0.3) is 0 Å². The van der Waals surface area contributed by atoms with Crippen LogP contribution in [0.2, 0.25) is 0 Å². The van der Waals surface area contributed by atoms with Crippen molar-refractivity contribution in [1.82, 2.24) is 0 Å². The van der Waals surface area contributed by atoms with Crippen LogP contribution in [0.4, 0.5) is 0 Å². The maximum Gasteiger partial charge on any atom is 0.306 e. The number of hydrogen-bond acceptors (Lipinski definition) is 5. The summed E-state index contributed by atoms with van der Waals surface area (Å²) in [4.78, 5) is 25.5. The Morgan fingerprint density at radius 3 is 0.924 bits per heavy atom. The number of hydrogen-bond donors (Lipinski definition) is 0. The Morgan fingerprint density at radius 1 is 0.318 bits per heavy atom. The van der Waals surface area contributed by atoms with Crippen LogP contribution in [0, 0.1) is 0 Å². The third-order valence-electron chi connectivity index (χ3n) is 13.8. The molecule has 1 atom stereocenters. The van der Waals surface area contributed by atoms with E-state index in [4.69, 9.17) is 14.2 Å². The summed E-state index contributed by atoms with van der Waals surface area (Å²) in [5.41, 5.74) is 0. The largest absolute Gasteiger partial charge is 0.462 e. The molecule has 0 aliphatic carbocycles. The van der Waals surface area contributed by atoms with Crippen molar-refractivity contribution in [1.29, 1.82) is 0 Å². The third kappa shape index (κ3) is 55.2. The first-order chi connectivity index (χ1) is 32.6. The molecule has 0 aliphatic heterocycles. The number of carbonyl (C=O) groups excluding carboxylic acids is 2. The molecule has 5 heteroatoms. The summed E-state index contributed by atoms with van der Waals surface area (Å²) in [6, 6.07) is 0. The zero-order valence-corrected chi connectivity index (χ0v) is 45.2. The minimum atomic E-state index is -0.532. The fourth-order valence-corrected chi connectivity index (χ4v) is 9.27. The summed E-state index contributed by atoms with van der Waals surface area (Å²) in [6.07, 6.45) is 68.1. The second-order valence-corrected chi connectivity index (χ2v) is 20.6. The van der Waals surface area contributed by atoms with Gasteiger partial charge in [0.1, 0.15) is 6.61 Å².